The van der Waals surface area contributed by atoms with Crippen molar-refractivity contribution in [3.05, 3.63) is 94.5 Å². The molecule has 2 N–H and O–H groups in total. The predicted octanol–water partition coefficient (Wildman–Crippen LogP) is 4.56. The number of benzene rings is 3. The number of para-hydroxylation sites is 1. The molecule has 0 aliphatic heterocycles. The Labute approximate surface area is 174 Å². The second kappa shape index (κ2) is 7.89. The van der Waals surface area contributed by atoms with Gasteiger partial charge in [-0.25, -0.2) is 8.42 Å². The van der Waals surface area contributed by atoms with Crippen LogP contribution in [0.4, 0.5) is 5.69 Å². The van der Waals surface area contributed by atoms with Crippen LogP contribution in [0.1, 0.15) is 33.9 Å². The SMILES string of the molecule is O=C(NC1CCc2ccccc21)c1cccc(S(=O)(=O)Nc2ccccc2Cl)c1. The molecule has 1 atom stereocenters. The Hall–Kier alpha value is -2.83. The van der Waals surface area contributed by atoms with E-state index in [1.807, 2.05) is 18.2 Å². The van der Waals surface area contributed by atoms with Crippen molar-refractivity contribution in [2.45, 2.75) is 23.8 Å². The van der Waals surface area contributed by atoms with Gasteiger partial charge in [-0.05, 0) is 54.3 Å². The zero-order chi connectivity index (χ0) is 20.4. The number of rotatable bonds is 5. The summed E-state index contributed by atoms with van der Waals surface area (Å²) in [6.07, 6.45) is 1.74. The summed E-state index contributed by atoms with van der Waals surface area (Å²) < 4.78 is 27.9. The summed E-state index contributed by atoms with van der Waals surface area (Å²) in [7, 11) is -3.88. The largest absolute Gasteiger partial charge is 0.345 e. The highest BCUT2D eigenvalue weighted by atomic mass is 35.5. The first-order chi connectivity index (χ1) is 13.9. The van der Waals surface area contributed by atoms with Gasteiger partial charge in [-0.15, -0.1) is 0 Å². The van der Waals surface area contributed by atoms with E-state index in [-0.39, 0.29) is 28.1 Å². The summed E-state index contributed by atoms with van der Waals surface area (Å²) in [5.41, 5.74) is 2.92. The number of fused-ring (bicyclic) bond motifs is 1. The summed E-state index contributed by atoms with van der Waals surface area (Å²) in [4.78, 5) is 12.8. The van der Waals surface area contributed by atoms with E-state index in [9.17, 15) is 13.2 Å². The molecule has 0 heterocycles. The van der Waals surface area contributed by atoms with Gasteiger partial charge in [0.05, 0.1) is 21.6 Å². The highest BCUT2D eigenvalue weighted by Gasteiger charge is 2.24. The molecule has 1 unspecified atom stereocenters. The summed E-state index contributed by atoms with van der Waals surface area (Å²) in [6.45, 7) is 0. The van der Waals surface area contributed by atoms with Crippen LogP contribution >= 0.6 is 11.6 Å². The molecule has 1 aliphatic carbocycles. The van der Waals surface area contributed by atoms with Gasteiger partial charge in [0.1, 0.15) is 0 Å². The van der Waals surface area contributed by atoms with Crippen LogP contribution in [0.15, 0.2) is 77.7 Å². The third-order valence-corrected chi connectivity index (χ3v) is 6.66. The zero-order valence-corrected chi connectivity index (χ0v) is 17.0. The molecular formula is C22H19ClN2O3S. The Balaban J connectivity index is 1.54. The number of hydrogen-bond acceptors (Lipinski definition) is 3. The minimum atomic E-state index is -3.88. The first-order valence-corrected chi connectivity index (χ1v) is 11.1. The molecule has 3 aromatic rings. The number of amides is 1. The number of sulfonamides is 1. The number of halogens is 1. The average Bonchev–Trinajstić information content (AvgIpc) is 3.13. The van der Waals surface area contributed by atoms with Crippen LogP contribution < -0.4 is 10.0 Å². The monoisotopic (exact) mass is 426 g/mol. The number of nitrogens with one attached hydrogen (secondary N) is 2. The highest BCUT2D eigenvalue weighted by Crippen LogP contribution is 2.31. The van der Waals surface area contributed by atoms with E-state index in [4.69, 9.17) is 11.6 Å². The fraction of sp³-hybridized carbons (Fsp3) is 0.136. The third kappa shape index (κ3) is 4.13. The molecule has 0 spiro atoms. The maximum Gasteiger partial charge on any atom is 0.261 e. The molecule has 0 fully saturated rings. The van der Waals surface area contributed by atoms with Gasteiger partial charge in [0, 0.05) is 5.56 Å². The fourth-order valence-corrected chi connectivity index (χ4v) is 4.87. The molecule has 5 nitrogen and oxygen atoms in total. The van der Waals surface area contributed by atoms with E-state index < -0.39 is 10.0 Å². The number of anilines is 1. The van der Waals surface area contributed by atoms with E-state index in [0.29, 0.717) is 5.02 Å². The molecule has 1 aliphatic rings. The molecule has 3 aromatic carbocycles. The molecule has 0 aromatic heterocycles. The van der Waals surface area contributed by atoms with Crippen molar-refractivity contribution in [1.29, 1.82) is 0 Å². The van der Waals surface area contributed by atoms with E-state index in [1.165, 1.54) is 17.7 Å². The van der Waals surface area contributed by atoms with Crippen LogP contribution in [0.25, 0.3) is 0 Å². The Kier molecular flexibility index (Phi) is 5.30. The first kappa shape index (κ1) is 19.5. The van der Waals surface area contributed by atoms with E-state index in [0.717, 1.165) is 18.4 Å². The summed E-state index contributed by atoms with van der Waals surface area (Å²) in [5, 5.41) is 3.31. The van der Waals surface area contributed by atoms with Gasteiger partial charge in [-0.2, -0.15) is 0 Å². The summed E-state index contributed by atoms with van der Waals surface area (Å²) in [6, 6.07) is 20.5. The average molecular weight is 427 g/mol. The fourth-order valence-electron chi connectivity index (χ4n) is 3.50. The van der Waals surface area contributed by atoms with Crippen LogP contribution in [0.3, 0.4) is 0 Å². The normalized spacial score (nSPS) is 15.6. The quantitative estimate of drug-likeness (QED) is 0.628. The lowest BCUT2D eigenvalue weighted by molar-refractivity contribution is 0.0936. The summed E-state index contributed by atoms with van der Waals surface area (Å²) in [5.74, 6) is -0.304. The molecule has 0 saturated heterocycles. The third-order valence-electron chi connectivity index (χ3n) is 4.96. The Morgan fingerprint density at radius 2 is 1.72 bits per heavy atom. The minimum absolute atomic E-state index is 0.00288. The maximum absolute atomic E-state index is 12.8. The number of hydrogen-bond donors (Lipinski definition) is 2. The molecule has 29 heavy (non-hydrogen) atoms. The van der Waals surface area contributed by atoms with Crippen molar-refractivity contribution < 1.29 is 13.2 Å². The van der Waals surface area contributed by atoms with Gasteiger partial charge in [-0.3, -0.25) is 9.52 Å². The minimum Gasteiger partial charge on any atom is -0.345 e. The molecule has 0 radical (unpaired) electrons. The predicted molar refractivity (Wildman–Crippen MR) is 114 cm³/mol. The van der Waals surface area contributed by atoms with E-state index in [1.54, 1.807) is 36.4 Å². The van der Waals surface area contributed by atoms with Gasteiger partial charge in [0.25, 0.3) is 15.9 Å². The van der Waals surface area contributed by atoms with Crippen molar-refractivity contribution in [1.82, 2.24) is 5.32 Å². The van der Waals surface area contributed by atoms with Crippen molar-refractivity contribution in [2.75, 3.05) is 4.72 Å². The molecule has 1 amide bonds. The van der Waals surface area contributed by atoms with Crippen molar-refractivity contribution in [3.63, 3.8) is 0 Å². The number of carbonyl (C=O) groups is 1. The van der Waals surface area contributed by atoms with Gasteiger partial charge >= 0.3 is 0 Å². The van der Waals surface area contributed by atoms with Crippen molar-refractivity contribution in [3.8, 4) is 0 Å². The molecule has 7 heteroatoms. The standard InChI is InChI=1S/C22H19ClN2O3S/c23-19-10-3-4-11-21(19)25-29(27,28)17-8-5-7-16(14-17)22(26)24-20-13-12-15-6-1-2-9-18(15)20/h1-11,14,20,25H,12-13H2,(H,24,26). The Morgan fingerprint density at radius 1 is 0.966 bits per heavy atom. The Morgan fingerprint density at radius 3 is 2.55 bits per heavy atom. The first-order valence-electron chi connectivity index (χ1n) is 9.20. The number of aryl methyl sites for hydroxylation is 1. The van der Waals surface area contributed by atoms with Crippen LogP contribution in [-0.4, -0.2) is 14.3 Å². The lowest BCUT2D eigenvalue weighted by Crippen LogP contribution is -2.27. The van der Waals surface area contributed by atoms with Crippen LogP contribution in [0.5, 0.6) is 0 Å². The molecule has 0 bridgehead atoms. The second-order valence-electron chi connectivity index (χ2n) is 6.88. The zero-order valence-electron chi connectivity index (χ0n) is 15.4. The van der Waals surface area contributed by atoms with E-state index >= 15 is 0 Å². The lowest BCUT2D eigenvalue weighted by Gasteiger charge is -2.15. The van der Waals surface area contributed by atoms with Gasteiger partial charge < -0.3 is 5.32 Å². The van der Waals surface area contributed by atoms with Gasteiger partial charge in [0.2, 0.25) is 0 Å². The van der Waals surface area contributed by atoms with Gasteiger partial charge in [0.15, 0.2) is 0 Å². The van der Waals surface area contributed by atoms with Crippen LogP contribution in [-0.2, 0) is 16.4 Å². The molecule has 4 rings (SSSR count). The van der Waals surface area contributed by atoms with Crippen LogP contribution in [0.2, 0.25) is 5.02 Å². The summed E-state index contributed by atoms with van der Waals surface area (Å²) >= 11 is 6.04. The van der Waals surface area contributed by atoms with Gasteiger partial charge in [-0.1, -0.05) is 54.1 Å². The highest BCUT2D eigenvalue weighted by molar-refractivity contribution is 7.92. The lowest BCUT2D eigenvalue weighted by atomic mass is 10.1. The van der Waals surface area contributed by atoms with Crippen LogP contribution in [0, 0.1) is 0 Å². The smallest absolute Gasteiger partial charge is 0.261 e. The maximum atomic E-state index is 12.8. The molecule has 0 saturated carbocycles. The topological polar surface area (TPSA) is 75.3 Å². The number of carbonyl (C=O) groups excluding carboxylic acids is 1. The van der Waals surface area contributed by atoms with E-state index in [2.05, 4.69) is 16.1 Å². The molecule has 148 valence electrons. The van der Waals surface area contributed by atoms with Crippen molar-refractivity contribution in [2.24, 2.45) is 0 Å². The van der Waals surface area contributed by atoms with Crippen molar-refractivity contribution >= 4 is 33.2 Å². The second-order valence-corrected chi connectivity index (χ2v) is 8.97. The molecular weight excluding hydrogens is 408 g/mol. The Bertz CT molecular complexity index is 1180.